The third-order valence-corrected chi connectivity index (χ3v) is 5.54. The van der Waals surface area contributed by atoms with Crippen molar-refractivity contribution in [2.45, 2.75) is 44.1 Å². The average molecular weight is 290 g/mol. The molecule has 0 heterocycles. The summed E-state index contributed by atoms with van der Waals surface area (Å²) in [6.45, 7) is 0. The molecule has 5 rings (SSSR count). The van der Waals surface area contributed by atoms with E-state index < -0.39 is 10.7 Å². The maximum Gasteiger partial charge on any atom is 0.274 e. The molecule has 4 aliphatic carbocycles. The zero-order valence-corrected chi connectivity index (χ0v) is 11.8. The molecule has 1 N–H and O–H groups in total. The van der Waals surface area contributed by atoms with E-state index in [0.29, 0.717) is 5.69 Å². The molecule has 112 valence electrons. The molecule has 0 saturated heterocycles. The molecule has 4 aliphatic rings. The number of rotatable bonds is 3. The normalized spacial score (nSPS) is 36.7. The third kappa shape index (κ3) is 2.28. The minimum Gasteiger partial charge on any atom is -0.379 e. The van der Waals surface area contributed by atoms with Gasteiger partial charge in [-0.15, -0.1) is 0 Å². The van der Waals surface area contributed by atoms with Crippen molar-refractivity contribution in [1.29, 1.82) is 0 Å². The minimum absolute atomic E-state index is 0.0381. The van der Waals surface area contributed by atoms with Gasteiger partial charge in [0.1, 0.15) is 5.82 Å². The highest BCUT2D eigenvalue weighted by Gasteiger charge is 2.50. The van der Waals surface area contributed by atoms with Crippen molar-refractivity contribution >= 4 is 11.4 Å². The minimum atomic E-state index is -0.545. The second-order valence-corrected chi connectivity index (χ2v) is 7.28. The van der Waals surface area contributed by atoms with Gasteiger partial charge in [-0.3, -0.25) is 10.1 Å². The van der Waals surface area contributed by atoms with Gasteiger partial charge in [-0.05, 0) is 62.3 Å². The van der Waals surface area contributed by atoms with Gasteiger partial charge in [-0.25, -0.2) is 4.39 Å². The van der Waals surface area contributed by atoms with E-state index in [4.69, 9.17) is 0 Å². The van der Waals surface area contributed by atoms with E-state index in [9.17, 15) is 14.5 Å². The zero-order valence-electron chi connectivity index (χ0n) is 11.8. The predicted molar refractivity (Wildman–Crippen MR) is 77.6 cm³/mol. The summed E-state index contributed by atoms with van der Waals surface area (Å²) in [6.07, 6.45) is 7.40. The Hall–Kier alpha value is -1.65. The van der Waals surface area contributed by atoms with Gasteiger partial charge >= 0.3 is 0 Å². The molecule has 0 unspecified atom stereocenters. The SMILES string of the molecule is O=[N+]([O-])c1cc(F)cc(NC23CC4CC(CC(C4)C2)C3)c1. The van der Waals surface area contributed by atoms with E-state index in [1.807, 2.05) is 0 Å². The van der Waals surface area contributed by atoms with Crippen LogP contribution in [0.1, 0.15) is 38.5 Å². The number of nitro groups is 1. The summed E-state index contributed by atoms with van der Waals surface area (Å²) < 4.78 is 13.6. The van der Waals surface area contributed by atoms with Crippen LogP contribution in [0.2, 0.25) is 0 Å². The molecule has 0 amide bonds. The smallest absolute Gasteiger partial charge is 0.274 e. The van der Waals surface area contributed by atoms with Gasteiger partial charge in [0.15, 0.2) is 0 Å². The molecule has 4 nitrogen and oxygen atoms in total. The fraction of sp³-hybridized carbons (Fsp3) is 0.625. The topological polar surface area (TPSA) is 55.2 Å². The van der Waals surface area contributed by atoms with Crippen LogP contribution in [0.3, 0.4) is 0 Å². The van der Waals surface area contributed by atoms with Crippen LogP contribution >= 0.6 is 0 Å². The Morgan fingerprint density at radius 2 is 1.67 bits per heavy atom. The van der Waals surface area contributed by atoms with Crippen molar-refractivity contribution in [3.8, 4) is 0 Å². The quantitative estimate of drug-likeness (QED) is 0.673. The molecular formula is C16H19FN2O2. The fourth-order valence-corrected chi connectivity index (χ4v) is 5.32. The Morgan fingerprint density at radius 3 is 2.19 bits per heavy atom. The lowest BCUT2D eigenvalue weighted by Crippen LogP contribution is -2.54. The third-order valence-electron chi connectivity index (χ3n) is 5.54. The largest absolute Gasteiger partial charge is 0.379 e. The van der Waals surface area contributed by atoms with Gasteiger partial charge in [0, 0.05) is 17.3 Å². The van der Waals surface area contributed by atoms with Crippen LogP contribution in [-0.2, 0) is 0 Å². The van der Waals surface area contributed by atoms with Crippen LogP contribution in [0.15, 0.2) is 18.2 Å². The molecule has 4 saturated carbocycles. The Kier molecular flexibility index (Phi) is 2.75. The standard InChI is InChI=1S/C16H19FN2O2/c17-13-4-14(6-15(5-13)19(20)21)18-16-7-10-1-11(8-16)3-12(2-10)9-16/h4-6,10-12,18H,1-3,7-9H2. The highest BCUT2D eigenvalue weighted by molar-refractivity contribution is 5.53. The highest BCUT2D eigenvalue weighted by Crippen LogP contribution is 2.56. The van der Waals surface area contributed by atoms with Crippen molar-refractivity contribution in [3.63, 3.8) is 0 Å². The molecule has 4 bridgehead atoms. The second-order valence-electron chi connectivity index (χ2n) is 7.28. The van der Waals surface area contributed by atoms with E-state index in [1.54, 1.807) is 0 Å². The van der Waals surface area contributed by atoms with Crippen molar-refractivity contribution in [2.75, 3.05) is 5.32 Å². The van der Waals surface area contributed by atoms with Gasteiger partial charge in [-0.1, -0.05) is 0 Å². The van der Waals surface area contributed by atoms with Gasteiger partial charge < -0.3 is 5.32 Å². The van der Waals surface area contributed by atoms with E-state index in [1.165, 1.54) is 31.4 Å². The van der Waals surface area contributed by atoms with Crippen molar-refractivity contribution in [3.05, 3.63) is 34.1 Å². The number of hydrogen-bond acceptors (Lipinski definition) is 3. The Morgan fingerprint density at radius 1 is 1.10 bits per heavy atom. The number of halogens is 1. The average Bonchev–Trinajstić information content (AvgIpc) is 2.35. The van der Waals surface area contributed by atoms with E-state index in [-0.39, 0.29) is 11.2 Å². The molecule has 1 aromatic carbocycles. The molecule has 4 fully saturated rings. The maximum atomic E-state index is 13.6. The first-order valence-electron chi connectivity index (χ1n) is 7.74. The van der Waals surface area contributed by atoms with Crippen LogP contribution in [0.5, 0.6) is 0 Å². The van der Waals surface area contributed by atoms with Crippen LogP contribution in [0.4, 0.5) is 15.8 Å². The number of nitro benzene ring substituents is 1. The Balaban J connectivity index is 1.62. The van der Waals surface area contributed by atoms with E-state index >= 15 is 0 Å². The number of nitrogens with zero attached hydrogens (tertiary/aromatic N) is 1. The highest BCUT2D eigenvalue weighted by atomic mass is 19.1. The summed E-state index contributed by atoms with van der Waals surface area (Å²) in [4.78, 5) is 10.3. The Bertz CT molecular complexity index is 567. The zero-order chi connectivity index (χ0) is 14.6. The summed E-state index contributed by atoms with van der Waals surface area (Å²) in [5.41, 5.74) is 0.419. The van der Waals surface area contributed by atoms with Gasteiger partial charge in [-0.2, -0.15) is 0 Å². The van der Waals surface area contributed by atoms with Crippen LogP contribution in [0, 0.1) is 33.7 Å². The molecule has 21 heavy (non-hydrogen) atoms. The number of anilines is 1. The lowest BCUT2D eigenvalue weighted by molar-refractivity contribution is -0.385. The molecule has 0 radical (unpaired) electrons. The molecule has 0 aromatic heterocycles. The lowest BCUT2D eigenvalue weighted by atomic mass is 9.53. The van der Waals surface area contributed by atoms with Crippen molar-refractivity contribution in [2.24, 2.45) is 17.8 Å². The monoisotopic (exact) mass is 290 g/mol. The van der Waals surface area contributed by atoms with Crippen LogP contribution < -0.4 is 5.32 Å². The van der Waals surface area contributed by atoms with Gasteiger partial charge in [0.05, 0.1) is 11.0 Å². The van der Waals surface area contributed by atoms with Crippen LogP contribution in [0.25, 0.3) is 0 Å². The molecule has 0 aliphatic heterocycles. The molecule has 0 spiro atoms. The first-order valence-corrected chi connectivity index (χ1v) is 7.74. The lowest BCUT2D eigenvalue weighted by Gasteiger charge is -2.57. The number of benzene rings is 1. The van der Waals surface area contributed by atoms with Crippen molar-refractivity contribution in [1.82, 2.24) is 0 Å². The molecular weight excluding hydrogens is 271 g/mol. The first kappa shape index (κ1) is 13.0. The molecule has 5 heteroatoms. The maximum absolute atomic E-state index is 13.6. The predicted octanol–water partition coefficient (Wildman–Crippen LogP) is 4.11. The number of non-ortho nitro benzene ring substituents is 1. The Labute approximate surface area is 122 Å². The molecule has 1 aromatic rings. The van der Waals surface area contributed by atoms with Gasteiger partial charge in [0.25, 0.3) is 5.69 Å². The summed E-state index contributed by atoms with van der Waals surface area (Å²) in [6, 6.07) is 3.82. The van der Waals surface area contributed by atoms with E-state index in [0.717, 1.165) is 43.1 Å². The molecule has 0 atom stereocenters. The first-order chi connectivity index (χ1) is 10.0. The summed E-state index contributed by atoms with van der Waals surface area (Å²) in [5.74, 6) is 1.81. The summed E-state index contributed by atoms with van der Waals surface area (Å²) in [5, 5.41) is 14.4. The summed E-state index contributed by atoms with van der Waals surface area (Å²) in [7, 11) is 0. The van der Waals surface area contributed by atoms with Gasteiger partial charge in [0.2, 0.25) is 0 Å². The number of nitrogens with one attached hydrogen (secondary N) is 1. The number of hydrogen-bond donors (Lipinski definition) is 1. The second kappa shape index (κ2) is 4.42. The van der Waals surface area contributed by atoms with Crippen LogP contribution in [-0.4, -0.2) is 10.5 Å². The fourth-order valence-electron chi connectivity index (χ4n) is 5.32. The van der Waals surface area contributed by atoms with E-state index in [2.05, 4.69) is 5.32 Å². The summed E-state index contributed by atoms with van der Waals surface area (Å²) >= 11 is 0. The van der Waals surface area contributed by atoms with Crippen molar-refractivity contribution < 1.29 is 9.31 Å².